The summed E-state index contributed by atoms with van der Waals surface area (Å²) in [5, 5.41) is 16.1. The molecule has 1 aromatic carbocycles. The number of aromatic nitrogens is 1. The molecule has 0 spiro atoms. The number of nitriles is 1. The summed E-state index contributed by atoms with van der Waals surface area (Å²) in [5.41, 5.74) is 2.06. The van der Waals surface area contributed by atoms with E-state index >= 15 is 0 Å². The third-order valence-electron chi connectivity index (χ3n) is 4.87. The van der Waals surface area contributed by atoms with Gasteiger partial charge in [0, 0.05) is 43.6 Å². The summed E-state index contributed by atoms with van der Waals surface area (Å²) in [6.07, 6.45) is 6.58. The van der Waals surface area contributed by atoms with Crippen molar-refractivity contribution in [2.24, 2.45) is 0 Å². The number of carbonyl (C=O) groups is 2. The molecule has 29 heavy (non-hydrogen) atoms. The molecular weight excluding hydrogens is 364 g/mol. The lowest BCUT2D eigenvalue weighted by molar-refractivity contribution is -0.121. The third kappa shape index (κ3) is 8.41. The van der Waals surface area contributed by atoms with Gasteiger partial charge < -0.3 is 10.6 Å². The molecule has 2 rings (SSSR count). The SMILES string of the molecule is CCC(=O)CCCCCC(CNCc1cnc2ccccc2c1)NC(=O)CC#N. The van der Waals surface area contributed by atoms with Gasteiger partial charge in [-0.05, 0) is 30.5 Å². The Balaban J connectivity index is 1.81. The predicted octanol–water partition coefficient (Wildman–Crippen LogP) is 3.65. The molecule has 0 radical (unpaired) electrons. The summed E-state index contributed by atoms with van der Waals surface area (Å²) >= 11 is 0. The first-order valence-electron chi connectivity index (χ1n) is 10.3. The topological polar surface area (TPSA) is 94.9 Å². The van der Waals surface area contributed by atoms with E-state index in [4.69, 9.17) is 5.26 Å². The number of Topliss-reactive ketones (excluding diaryl/α,β-unsaturated/α-hetero) is 1. The standard InChI is InChI=1S/C23H30N4O2/c1-2-21(28)10-5-3-4-9-20(27-23(29)12-13-24)17-25-15-18-14-19-8-6-7-11-22(19)26-16-18/h6-8,11,14,16,20,25H,2-5,9-10,12,15,17H2,1H3,(H,27,29). The number of nitrogens with one attached hydrogen (secondary N) is 2. The highest BCUT2D eigenvalue weighted by Crippen LogP contribution is 2.13. The van der Waals surface area contributed by atoms with E-state index in [1.807, 2.05) is 43.5 Å². The minimum absolute atomic E-state index is 0.0360. The first-order chi connectivity index (χ1) is 14.1. The number of fused-ring (bicyclic) bond motifs is 1. The van der Waals surface area contributed by atoms with Crippen molar-refractivity contribution in [3.05, 3.63) is 42.1 Å². The molecule has 6 nitrogen and oxygen atoms in total. The second-order valence-electron chi connectivity index (χ2n) is 7.26. The van der Waals surface area contributed by atoms with E-state index in [2.05, 4.69) is 21.7 Å². The minimum Gasteiger partial charge on any atom is -0.351 e. The summed E-state index contributed by atoms with van der Waals surface area (Å²) in [5.74, 6) is 0.0577. The zero-order valence-corrected chi connectivity index (χ0v) is 17.1. The Morgan fingerprint density at radius 2 is 2.03 bits per heavy atom. The fourth-order valence-corrected chi connectivity index (χ4v) is 3.25. The first-order valence-corrected chi connectivity index (χ1v) is 10.3. The number of hydrogen-bond donors (Lipinski definition) is 2. The van der Waals surface area contributed by atoms with Gasteiger partial charge in [-0.1, -0.05) is 38.0 Å². The molecule has 0 aliphatic heterocycles. The van der Waals surface area contributed by atoms with Crippen molar-refractivity contribution in [1.29, 1.82) is 5.26 Å². The van der Waals surface area contributed by atoms with E-state index in [1.165, 1.54) is 0 Å². The van der Waals surface area contributed by atoms with Crippen LogP contribution in [0, 0.1) is 11.3 Å². The van der Waals surface area contributed by atoms with Gasteiger partial charge in [0.05, 0.1) is 11.6 Å². The number of para-hydroxylation sites is 1. The maximum absolute atomic E-state index is 11.8. The second kappa shape index (κ2) is 12.6. The molecule has 0 aliphatic carbocycles. The van der Waals surface area contributed by atoms with E-state index in [-0.39, 0.29) is 18.4 Å². The van der Waals surface area contributed by atoms with Crippen molar-refractivity contribution in [2.45, 2.75) is 64.5 Å². The molecule has 1 aromatic heterocycles. The molecule has 1 amide bonds. The van der Waals surface area contributed by atoms with Crippen molar-refractivity contribution in [3.8, 4) is 6.07 Å². The molecule has 6 heteroatoms. The molecule has 0 saturated heterocycles. The van der Waals surface area contributed by atoms with Gasteiger partial charge in [0.15, 0.2) is 0 Å². The first kappa shape index (κ1) is 22.5. The Hall–Kier alpha value is -2.78. The highest BCUT2D eigenvalue weighted by molar-refractivity contribution is 5.79. The third-order valence-corrected chi connectivity index (χ3v) is 4.87. The second-order valence-corrected chi connectivity index (χ2v) is 7.26. The number of pyridine rings is 1. The largest absolute Gasteiger partial charge is 0.351 e. The average Bonchev–Trinajstić information content (AvgIpc) is 2.73. The Morgan fingerprint density at radius 1 is 1.21 bits per heavy atom. The number of carbonyl (C=O) groups excluding carboxylic acids is 2. The summed E-state index contributed by atoms with van der Waals surface area (Å²) in [6, 6.07) is 12.0. The minimum atomic E-state index is -0.243. The van der Waals surface area contributed by atoms with Gasteiger partial charge >= 0.3 is 0 Å². The molecule has 154 valence electrons. The van der Waals surface area contributed by atoms with E-state index < -0.39 is 0 Å². The predicted molar refractivity (Wildman–Crippen MR) is 114 cm³/mol. The lowest BCUT2D eigenvalue weighted by Crippen LogP contribution is -2.41. The average molecular weight is 395 g/mol. The molecule has 0 bridgehead atoms. The van der Waals surface area contributed by atoms with Crippen LogP contribution in [0.2, 0.25) is 0 Å². The van der Waals surface area contributed by atoms with Crippen LogP contribution in [-0.2, 0) is 16.1 Å². The number of unbranched alkanes of at least 4 members (excludes halogenated alkanes) is 2. The van der Waals surface area contributed by atoms with Crippen LogP contribution in [0.5, 0.6) is 0 Å². The number of ketones is 1. The quantitative estimate of drug-likeness (QED) is 0.506. The van der Waals surface area contributed by atoms with Crippen molar-refractivity contribution in [1.82, 2.24) is 15.6 Å². The molecular formula is C23H30N4O2. The lowest BCUT2D eigenvalue weighted by Gasteiger charge is -2.19. The Kier molecular flexibility index (Phi) is 9.81. The van der Waals surface area contributed by atoms with Crippen LogP contribution in [0.4, 0.5) is 0 Å². The van der Waals surface area contributed by atoms with Crippen LogP contribution in [0.3, 0.4) is 0 Å². The van der Waals surface area contributed by atoms with E-state index in [0.717, 1.165) is 42.1 Å². The highest BCUT2D eigenvalue weighted by atomic mass is 16.1. The molecule has 1 unspecified atom stereocenters. The van der Waals surface area contributed by atoms with Gasteiger partial charge in [-0.2, -0.15) is 5.26 Å². The number of hydrogen-bond acceptors (Lipinski definition) is 5. The normalized spacial score (nSPS) is 11.7. The summed E-state index contributed by atoms with van der Waals surface area (Å²) < 4.78 is 0. The number of amides is 1. The molecule has 1 heterocycles. The van der Waals surface area contributed by atoms with Crippen LogP contribution in [0.25, 0.3) is 10.9 Å². The van der Waals surface area contributed by atoms with Crippen molar-refractivity contribution in [2.75, 3.05) is 6.54 Å². The highest BCUT2D eigenvalue weighted by Gasteiger charge is 2.12. The van der Waals surface area contributed by atoms with Gasteiger partial charge in [-0.3, -0.25) is 14.6 Å². The van der Waals surface area contributed by atoms with Crippen molar-refractivity contribution < 1.29 is 9.59 Å². The monoisotopic (exact) mass is 394 g/mol. The molecule has 1 atom stereocenters. The number of rotatable bonds is 13. The molecule has 0 fully saturated rings. The van der Waals surface area contributed by atoms with Gasteiger partial charge in [-0.25, -0.2) is 0 Å². The summed E-state index contributed by atoms with van der Waals surface area (Å²) in [7, 11) is 0. The maximum atomic E-state index is 11.8. The fraction of sp³-hybridized carbons (Fsp3) is 0.478. The number of nitrogens with zero attached hydrogens (tertiary/aromatic N) is 2. The Morgan fingerprint density at radius 3 is 2.83 bits per heavy atom. The molecule has 2 N–H and O–H groups in total. The lowest BCUT2D eigenvalue weighted by atomic mass is 10.0. The Bertz CT molecular complexity index is 844. The van der Waals surface area contributed by atoms with E-state index in [1.54, 1.807) is 0 Å². The van der Waals surface area contributed by atoms with Gasteiger partial charge in [-0.15, -0.1) is 0 Å². The fourth-order valence-electron chi connectivity index (χ4n) is 3.25. The van der Waals surface area contributed by atoms with Gasteiger partial charge in [0.25, 0.3) is 0 Å². The van der Waals surface area contributed by atoms with E-state index in [9.17, 15) is 9.59 Å². The summed E-state index contributed by atoms with van der Waals surface area (Å²) in [4.78, 5) is 27.7. The zero-order chi connectivity index (χ0) is 20.9. The van der Waals surface area contributed by atoms with Crippen LogP contribution >= 0.6 is 0 Å². The smallest absolute Gasteiger partial charge is 0.234 e. The van der Waals surface area contributed by atoms with Crippen molar-refractivity contribution >= 4 is 22.6 Å². The van der Waals surface area contributed by atoms with Crippen molar-refractivity contribution in [3.63, 3.8) is 0 Å². The number of benzene rings is 1. The van der Waals surface area contributed by atoms with Crippen LogP contribution < -0.4 is 10.6 Å². The Labute approximate surface area is 172 Å². The zero-order valence-electron chi connectivity index (χ0n) is 17.1. The van der Waals surface area contributed by atoms with E-state index in [0.29, 0.717) is 31.7 Å². The van der Waals surface area contributed by atoms with Crippen LogP contribution in [0.15, 0.2) is 36.5 Å². The maximum Gasteiger partial charge on any atom is 0.234 e. The molecule has 0 aliphatic rings. The van der Waals surface area contributed by atoms with Gasteiger partial charge in [0.2, 0.25) is 5.91 Å². The molecule has 0 saturated carbocycles. The molecule has 2 aromatic rings. The van der Waals surface area contributed by atoms with Crippen LogP contribution in [0.1, 0.15) is 57.4 Å². The van der Waals surface area contributed by atoms with Gasteiger partial charge in [0.1, 0.15) is 12.2 Å². The van der Waals surface area contributed by atoms with Crippen LogP contribution in [-0.4, -0.2) is 29.3 Å². The summed E-state index contributed by atoms with van der Waals surface area (Å²) in [6.45, 7) is 3.17.